The van der Waals surface area contributed by atoms with Crippen molar-refractivity contribution in [1.29, 1.82) is 0 Å². The molecule has 0 spiro atoms. The van der Waals surface area contributed by atoms with Crippen molar-refractivity contribution in [2.45, 2.75) is 18.9 Å². The van der Waals surface area contributed by atoms with Crippen LogP contribution in [0.5, 0.6) is 0 Å². The topological polar surface area (TPSA) is 72.7 Å². The molecule has 6 nitrogen and oxygen atoms in total. The summed E-state index contributed by atoms with van der Waals surface area (Å²) < 4.78 is 32.2. The van der Waals surface area contributed by atoms with E-state index >= 15 is 0 Å². The lowest BCUT2D eigenvalue weighted by molar-refractivity contribution is -0.387. The molecular formula is C13H14F2N2O4. The van der Waals surface area contributed by atoms with Gasteiger partial charge in [-0.3, -0.25) is 10.1 Å². The fourth-order valence-electron chi connectivity index (χ4n) is 2.15. The largest absolute Gasteiger partial charge is 0.459 e. The minimum absolute atomic E-state index is 0.355. The zero-order valence-corrected chi connectivity index (χ0v) is 11.3. The highest BCUT2D eigenvalue weighted by Crippen LogP contribution is 2.23. The Kier molecular flexibility index (Phi) is 4.46. The third kappa shape index (κ3) is 3.52. The smallest absolute Gasteiger partial charge is 0.341 e. The summed E-state index contributed by atoms with van der Waals surface area (Å²) in [5.74, 6) is -3.44. The van der Waals surface area contributed by atoms with Crippen molar-refractivity contribution in [2.75, 3.05) is 20.1 Å². The Morgan fingerprint density at radius 2 is 1.95 bits per heavy atom. The van der Waals surface area contributed by atoms with Crippen molar-refractivity contribution in [1.82, 2.24) is 4.90 Å². The number of esters is 1. The van der Waals surface area contributed by atoms with E-state index in [0.29, 0.717) is 25.0 Å². The third-order valence-corrected chi connectivity index (χ3v) is 3.39. The van der Waals surface area contributed by atoms with Crippen molar-refractivity contribution >= 4 is 11.7 Å². The van der Waals surface area contributed by atoms with Crippen LogP contribution >= 0.6 is 0 Å². The fraction of sp³-hybridized carbons (Fsp3) is 0.462. The quantitative estimate of drug-likeness (QED) is 0.486. The number of carbonyl (C=O) groups is 1. The molecule has 0 unspecified atom stereocenters. The molecule has 0 aliphatic carbocycles. The Bertz CT molecular complexity index is 572. The predicted octanol–water partition coefficient (Wildman–Crippen LogP) is 2.12. The van der Waals surface area contributed by atoms with Gasteiger partial charge in [0.2, 0.25) is 5.82 Å². The summed E-state index contributed by atoms with van der Waals surface area (Å²) >= 11 is 0. The number of nitrogens with zero attached hydrogens (tertiary/aromatic N) is 2. The van der Waals surface area contributed by atoms with Gasteiger partial charge < -0.3 is 9.64 Å². The maximum Gasteiger partial charge on any atom is 0.341 e. The van der Waals surface area contributed by atoms with Crippen molar-refractivity contribution in [3.63, 3.8) is 0 Å². The highest BCUT2D eigenvalue weighted by Gasteiger charge is 2.26. The average Bonchev–Trinajstić information content (AvgIpc) is 2.43. The van der Waals surface area contributed by atoms with Crippen LogP contribution in [-0.2, 0) is 4.74 Å². The Morgan fingerprint density at radius 3 is 2.52 bits per heavy atom. The first kappa shape index (κ1) is 15.3. The van der Waals surface area contributed by atoms with Gasteiger partial charge in [0.15, 0.2) is 0 Å². The minimum Gasteiger partial charge on any atom is -0.459 e. The molecule has 1 saturated heterocycles. The Labute approximate surface area is 119 Å². The standard InChI is InChI=1S/C13H14F2N2O4/c1-16-4-2-8(3-5-16)21-13(18)9-6-11(15)12(17(19)20)7-10(9)14/h6-8H,2-5H2,1H3. The normalized spacial score (nSPS) is 16.7. The van der Waals surface area contributed by atoms with Crippen LogP contribution in [0, 0.1) is 21.7 Å². The number of benzene rings is 1. The molecular weight excluding hydrogens is 286 g/mol. The molecule has 1 aromatic carbocycles. The van der Waals surface area contributed by atoms with Gasteiger partial charge >= 0.3 is 11.7 Å². The molecule has 0 aromatic heterocycles. The number of nitro benzene ring substituents is 1. The van der Waals surface area contributed by atoms with Crippen molar-refractivity contribution < 1.29 is 23.2 Å². The number of carbonyl (C=O) groups excluding carboxylic acids is 1. The van der Waals surface area contributed by atoms with Gasteiger partial charge in [0.05, 0.1) is 16.6 Å². The summed E-state index contributed by atoms with van der Waals surface area (Å²) in [6.45, 7) is 1.49. The van der Waals surface area contributed by atoms with E-state index in [1.54, 1.807) is 0 Å². The maximum absolute atomic E-state index is 13.7. The highest BCUT2D eigenvalue weighted by atomic mass is 19.1. The molecule has 21 heavy (non-hydrogen) atoms. The molecule has 0 N–H and O–H groups in total. The molecule has 1 heterocycles. The van der Waals surface area contributed by atoms with E-state index in [1.165, 1.54) is 0 Å². The van der Waals surface area contributed by atoms with Crippen LogP contribution in [0.4, 0.5) is 14.5 Å². The van der Waals surface area contributed by atoms with E-state index in [0.717, 1.165) is 13.1 Å². The van der Waals surface area contributed by atoms with E-state index in [1.807, 2.05) is 7.05 Å². The zero-order chi connectivity index (χ0) is 15.6. The Balaban J connectivity index is 2.12. The molecule has 114 valence electrons. The number of hydrogen-bond donors (Lipinski definition) is 0. The molecule has 0 atom stereocenters. The lowest BCUT2D eigenvalue weighted by atomic mass is 10.1. The summed E-state index contributed by atoms with van der Waals surface area (Å²) in [5, 5.41) is 10.5. The van der Waals surface area contributed by atoms with Gasteiger partial charge in [-0.2, -0.15) is 4.39 Å². The minimum atomic E-state index is -1.27. The second kappa shape index (κ2) is 6.13. The lowest BCUT2D eigenvalue weighted by Gasteiger charge is -2.28. The summed E-state index contributed by atoms with van der Waals surface area (Å²) in [5.41, 5.74) is -1.64. The molecule has 1 aliphatic rings. The number of halogens is 2. The Morgan fingerprint density at radius 1 is 1.33 bits per heavy atom. The number of rotatable bonds is 3. The second-order valence-electron chi connectivity index (χ2n) is 4.95. The number of likely N-dealkylation sites (tertiary alicyclic amines) is 1. The second-order valence-corrected chi connectivity index (χ2v) is 4.95. The van der Waals surface area contributed by atoms with Gasteiger partial charge in [-0.05, 0) is 26.0 Å². The molecule has 8 heteroatoms. The van der Waals surface area contributed by atoms with Crippen LogP contribution < -0.4 is 0 Å². The number of piperidine rings is 1. The predicted molar refractivity (Wildman–Crippen MR) is 68.9 cm³/mol. The van der Waals surface area contributed by atoms with Crippen molar-refractivity contribution in [3.05, 3.63) is 39.4 Å². The van der Waals surface area contributed by atoms with E-state index in [4.69, 9.17) is 4.74 Å². The third-order valence-electron chi connectivity index (χ3n) is 3.39. The SMILES string of the molecule is CN1CCC(OC(=O)c2cc(F)c([N+](=O)[O-])cc2F)CC1. The molecule has 2 rings (SSSR count). The molecule has 1 aromatic rings. The van der Waals surface area contributed by atoms with Crippen molar-refractivity contribution in [2.24, 2.45) is 0 Å². The molecule has 1 aliphatic heterocycles. The number of ether oxygens (including phenoxy) is 1. The van der Waals surface area contributed by atoms with Crippen LogP contribution in [0.3, 0.4) is 0 Å². The van der Waals surface area contributed by atoms with Gasteiger partial charge in [0, 0.05) is 13.1 Å². The monoisotopic (exact) mass is 300 g/mol. The molecule has 0 saturated carbocycles. The van der Waals surface area contributed by atoms with E-state index in [-0.39, 0.29) is 6.10 Å². The molecule has 0 amide bonds. The highest BCUT2D eigenvalue weighted by molar-refractivity contribution is 5.90. The summed E-state index contributed by atoms with van der Waals surface area (Å²) in [6, 6.07) is 0.894. The van der Waals surface area contributed by atoms with E-state index in [9.17, 15) is 23.7 Å². The first-order valence-electron chi connectivity index (χ1n) is 6.41. The van der Waals surface area contributed by atoms with Gasteiger partial charge in [0.25, 0.3) is 0 Å². The molecule has 1 fully saturated rings. The van der Waals surface area contributed by atoms with Gasteiger partial charge in [0.1, 0.15) is 11.9 Å². The lowest BCUT2D eigenvalue weighted by Crippen LogP contribution is -2.35. The molecule has 0 bridgehead atoms. The average molecular weight is 300 g/mol. The van der Waals surface area contributed by atoms with Gasteiger partial charge in [-0.25, -0.2) is 9.18 Å². The summed E-state index contributed by atoms with van der Waals surface area (Å²) in [4.78, 5) is 23.3. The zero-order valence-electron chi connectivity index (χ0n) is 11.3. The van der Waals surface area contributed by atoms with E-state index < -0.39 is 33.8 Å². The van der Waals surface area contributed by atoms with E-state index in [2.05, 4.69) is 4.90 Å². The number of hydrogen-bond acceptors (Lipinski definition) is 5. The maximum atomic E-state index is 13.7. The van der Waals surface area contributed by atoms with Crippen molar-refractivity contribution in [3.8, 4) is 0 Å². The summed E-state index contributed by atoms with van der Waals surface area (Å²) in [7, 11) is 1.93. The van der Waals surface area contributed by atoms with Crippen LogP contribution in [0.25, 0.3) is 0 Å². The first-order chi connectivity index (χ1) is 9.88. The van der Waals surface area contributed by atoms with Crippen LogP contribution in [0.1, 0.15) is 23.2 Å². The van der Waals surface area contributed by atoms with Crippen LogP contribution in [0.15, 0.2) is 12.1 Å². The number of nitro groups is 1. The Hall–Kier alpha value is -2.09. The molecule has 0 radical (unpaired) electrons. The fourth-order valence-corrected chi connectivity index (χ4v) is 2.15. The van der Waals surface area contributed by atoms with Gasteiger partial charge in [-0.15, -0.1) is 0 Å². The van der Waals surface area contributed by atoms with Gasteiger partial charge in [-0.1, -0.05) is 0 Å². The first-order valence-corrected chi connectivity index (χ1v) is 6.41. The summed E-state index contributed by atoms with van der Waals surface area (Å²) in [6.07, 6.45) is 0.866. The van der Waals surface area contributed by atoms with Crippen LogP contribution in [0.2, 0.25) is 0 Å². The van der Waals surface area contributed by atoms with Crippen LogP contribution in [-0.4, -0.2) is 42.0 Å².